The number of rotatable bonds is 6. The number of benzene rings is 2. The minimum absolute atomic E-state index is 0.143. The van der Waals surface area contributed by atoms with Crippen LogP contribution < -0.4 is 14.8 Å². The van der Waals surface area contributed by atoms with E-state index in [2.05, 4.69) is 15.5 Å². The number of aromatic nitrogens is 2. The van der Waals surface area contributed by atoms with Gasteiger partial charge in [0.25, 0.3) is 5.22 Å². The number of hydrogen-bond donors (Lipinski definition) is 1. The van der Waals surface area contributed by atoms with Crippen LogP contribution in [0.4, 0.5) is 0 Å². The summed E-state index contributed by atoms with van der Waals surface area (Å²) < 4.78 is 16.1. The van der Waals surface area contributed by atoms with Crippen molar-refractivity contribution < 1.29 is 18.7 Å². The topological polar surface area (TPSA) is 86.5 Å². The van der Waals surface area contributed by atoms with Crippen LogP contribution in [0.15, 0.2) is 52.1 Å². The van der Waals surface area contributed by atoms with Gasteiger partial charge in [0.1, 0.15) is 0 Å². The number of thioether (sulfide) groups is 1. The first-order valence-corrected chi connectivity index (χ1v) is 9.42. The number of carbonyl (C=O) groups is 1. The van der Waals surface area contributed by atoms with Crippen molar-refractivity contribution in [2.75, 3.05) is 12.5 Å². The summed E-state index contributed by atoms with van der Waals surface area (Å²) in [6.07, 6.45) is 0. The molecule has 2 heterocycles. The van der Waals surface area contributed by atoms with Crippen LogP contribution in [0.1, 0.15) is 5.56 Å². The molecule has 0 fully saturated rings. The first-order valence-electron chi connectivity index (χ1n) is 8.05. The normalized spacial score (nSPS) is 12.2. The molecule has 0 saturated heterocycles. The molecule has 27 heavy (non-hydrogen) atoms. The van der Waals surface area contributed by atoms with Crippen LogP contribution in [0.25, 0.3) is 11.5 Å². The minimum Gasteiger partial charge on any atom is -0.454 e. The molecule has 1 amide bonds. The first-order chi connectivity index (χ1) is 13.2. The fraction of sp³-hybridized carbons (Fsp3) is 0.167. The van der Waals surface area contributed by atoms with E-state index < -0.39 is 0 Å². The van der Waals surface area contributed by atoms with E-state index in [0.717, 1.165) is 5.56 Å². The second-order valence-corrected chi connectivity index (χ2v) is 6.94. The molecule has 1 aliphatic heterocycles. The second kappa shape index (κ2) is 7.89. The van der Waals surface area contributed by atoms with Gasteiger partial charge in [-0.1, -0.05) is 41.6 Å². The Bertz CT molecular complexity index is 979. The molecule has 0 unspecified atom stereocenters. The number of fused-ring (bicyclic) bond motifs is 1. The maximum atomic E-state index is 12.1. The summed E-state index contributed by atoms with van der Waals surface area (Å²) in [7, 11) is 0. The largest absolute Gasteiger partial charge is 0.454 e. The molecule has 0 radical (unpaired) electrons. The summed E-state index contributed by atoms with van der Waals surface area (Å²) in [6.45, 7) is 0.618. The average Bonchev–Trinajstić information content (AvgIpc) is 3.34. The Hall–Kier alpha value is -2.71. The van der Waals surface area contributed by atoms with Gasteiger partial charge in [0.2, 0.25) is 18.6 Å². The van der Waals surface area contributed by atoms with E-state index in [1.807, 2.05) is 30.3 Å². The lowest BCUT2D eigenvalue weighted by Crippen LogP contribution is -2.24. The molecule has 9 heteroatoms. The molecule has 0 bridgehead atoms. The van der Waals surface area contributed by atoms with Crippen molar-refractivity contribution in [1.29, 1.82) is 0 Å². The predicted octanol–water partition coefficient (Wildman–Crippen LogP) is 3.53. The molecule has 4 rings (SSSR count). The van der Waals surface area contributed by atoms with Crippen LogP contribution in [0.5, 0.6) is 11.5 Å². The summed E-state index contributed by atoms with van der Waals surface area (Å²) in [4.78, 5) is 12.1. The lowest BCUT2D eigenvalue weighted by atomic mass is 10.2. The molecule has 3 aromatic rings. The van der Waals surface area contributed by atoms with Gasteiger partial charge in [0.15, 0.2) is 11.5 Å². The molecule has 0 atom stereocenters. The van der Waals surface area contributed by atoms with Gasteiger partial charge in [-0.15, -0.1) is 10.2 Å². The molecule has 0 saturated carbocycles. The summed E-state index contributed by atoms with van der Waals surface area (Å²) >= 11 is 7.28. The standard InChI is InChI=1S/C18H14ClN3O4S/c19-13-4-2-1-3-12(13)17-21-22-18(26-17)27-9-16(23)20-8-11-5-6-14-15(7-11)25-10-24-14/h1-7H,8-10H2,(H,20,23). The maximum absolute atomic E-state index is 12.1. The van der Waals surface area contributed by atoms with Gasteiger partial charge in [-0.05, 0) is 29.8 Å². The zero-order valence-electron chi connectivity index (χ0n) is 14.0. The Morgan fingerprint density at radius 1 is 1.15 bits per heavy atom. The Morgan fingerprint density at radius 3 is 2.89 bits per heavy atom. The summed E-state index contributed by atoms with van der Waals surface area (Å²) in [6, 6.07) is 12.8. The molecule has 1 N–H and O–H groups in total. The fourth-order valence-corrected chi connectivity index (χ4v) is 3.25. The van der Waals surface area contributed by atoms with Gasteiger partial charge in [-0.3, -0.25) is 4.79 Å². The highest BCUT2D eigenvalue weighted by molar-refractivity contribution is 7.99. The number of carbonyl (C=O) groups excluding carboxylic acids is 1. The van der Waals surface area contributed by atoms with Crippen molar-refractivity contribution in [2.45, 2.75) is 11.8 Å². The third-order valence-corrected chi connectivity index (χ3v) is 4.91. The highest BCUT2D eigenvalue weighted by Crippen LogP contribution is 2.32. The van der Waals surface area contributed by atoms with Crippen LogP contribution in [0.3, 0.4) is 0 Å². The Morgan fingerprint density at radius 2 is 2.00 bits per heavy atom. The molecular formula is C18H14ClN3O4S. The number of amides is 1. The third kappa shape index (κ3) is 4.17. The van der Waals surface area contributed by atoms with E-state index in [4.69, 9.17) is 25.5 Å². The first kappa shape index (κ1) is 17.7. The van der Waals surface area contributed by atoms with Gasteiger partial charge in [0.05, 0.1) is 16.3 Å². The van der Waals surface area contributed by atoms with Crippen molar-refractivity contribution in [3.05, 3.63) is 53.1 Å². The van der Waals surface area contributed by atoms with Crippen LogP contribution in [0.2, 0.25) is 5.02 Å². The monoisotopic (exact) mass is 403 g/mol. The SMILES string of the molecule is O=C(CSc1nnc(-c2ccccc2Cl)o1)NCc1ccc2c(c1)OCO2. The molecular weight excluding hydrogens is 390 g/mol. The van der Waals surface area contributed by atoms with Crippen molar-refractivity contribution in [3.63, 3.8) is 0 Å². The third-order valence-electron chi connectivity index (χ3n) is 3.76. The number of nitrogens with zero attached hydrogens (tertiary/aromatic N) is 2. The quantitative estimate of drug-likeness (QED) is 0.630. The molecule has 138 valence electrons. The number of ether oxygens (including phenoxy) is 2. The van der Waals surface area contributed by atoms with Crippen LogP contribution in [-0.2, 0) is 11.3 Å². The number of hydrogen-bond acceptors (Lipinski definition) is 7. The maximum Gasteiger partial charge on any atom is 0.277 e. The van der Waals surface area contributed by atoms with Crippen molar-refractivity contribution in [3.8, 4) is 23.0 Å². The van der Waals surface area contributed by atoms with Gasteiger partial charge >= 0.3 is 0 Å². The fourth-order valence-electron chi connectivity index (χ4n) is 2.44. The number of nitrogens with one attached hydrogen (secondary N) is 1. The molecule has 1 aromatic heterocycles. The van der Waals surface area contributed by atoms with Crippen molar-refractivity contribution in [2.24, 2.45) is 0 Å². The lowest BCUT2D eigenvalue weighted by Gasteiger charge is -2.05. The van der Waals surface area contributed by atoms with Crippen LogP contribution in [0, 0.1) is 0 Å². The highest BCUT2D eigenvalue weighted by atomic mass is 35.5. The Balaban J connectivity index is 1.29. The van der Waals surface area contributed by atoms with Crippen LogP contribution >= 0.6 is 23.4 Å². The van der Waals surface area contributed by atoms with E-state index >= 15 is 0 Å². The van der Waals surface area contributed by atoms with E-state index in [1.165, 1.54) is 11.8 Å². The zero-order chi connectivity index (χ0) is 18.6. The summed E-state index contributed by atoms with van der Waals surface area (Å²) in [5.74, 6) is 1.74. The smallest absolute Gasteiger partial charge is 0.277 e. The zero-order valence-corrected chi connectivity index (χ0v) is 15.5. The molecule has 0 spiro atoms. The lowest BCUT2D eigenvalue weighted by molar-refractivity contribution is -0.118. The van der Waals surface area contributed by atoms with Crippen molar-refractivity contribution >= 4 is 29.3 Å². The molecule has 1 aliphatic rings. The average molecular weight is 404 g/mol. The second-order valence-electron chi connectivity index (χ2n) is 5.61. The molecule has 0 aliphatic carbocycles. The van der Waals surface area contributed by atoms with Crippen molar-refractivity contribution in [1.82, 2.24) is 15.5 Å². The Labute approximate surface area is 164 Å². The highest BCUT2D eigenvalue weighted by Gasteiger charge is 2.15. The Kier molecular flexibility index (Phi) is 5.17. The summed E-state index contributed by atoms with van der Waals surface area (Å²) in [5, 5.41) is 11.6. The van der Waals surface area contributed by atoms with Gasteiger partial charge < -0.3 is 19.2 Å². The summed E-state index contributed by atoms with van der Waals surface area (Å²) in [5.41, 5.74) is 1.59. The molecule has 7 nitrogen and oxygen atoms in total. The minimum atomic E-state index is -0.143. The van der Waals surface area contributed by atoms with Gasteiger partial charge in [-0.2, -0.15) is 0 Å². The van der Waals surface area contributed by atoms with E-state index in [0.29, 0.717) is 39.7 Å². The van der Waals surface area contributed by atoms with Gasteiger partial charge in [-0.25, -0.2) is 0 Å². The van der Waals surface area contributed by atoms with E-state index in [1.54, 1.807) is 12.1 Å². The number of halogens is 1. The van der Waals surface area contributed by atoms with Crippen LogP contribution in [-0.4, -0.2) is 28.7 Å². The van der Waals surface area contributed by atoms with E-state index in [-0.39, 0.29) is 18.5 Å². The van der Waals surface area contributed by atoms with Gasteiger partial charge in [0, 0.05) is 6.54 Å². The van der Waals surface area contributed by atoms with E-state index in [9.17, 15) is 4.79 Å². The molecule has 2 aromatic carbocycles. The predicted molar refractivity (Wildman–Crippen MR) is 99.9 cm³/mol.